The minimum atomic E-state index is -1.24. The Labute approximate surface area is 319 Å². The first-order chi connectivity index (χ1) is 25.5. The molecule has 0 saturated carbocycles. The van der Waals surface area contributed by atoms with Gasteiger partial charge in [-0.3, -0.25) is 9.59 Å². The van der Waals surface area contributed by atoms with Crippen LogP contribution in [0.2, 0.25) is 0 Å². The number of aliphatic hydroxyl groups is 3. The molecular formula is C39H65NO14. The summed E-state index contributed by atoms with van der Waals surface area (Å²) in [5.41, 5.74) is -0.878. The summed E-state index contributed by atoms with van der Waals surface area (Å²) in [6.45, 7) is 10.7. The molecule has 0 radical (unpaired) electrons. The third-order valence-electron chi connectivity index (χ3n) is 11.9. The van der Waals surface area contributed by atoms with Gasteiger partial charge in [-0.2, -0.15) is 0 Å². The molecule has 3 saturated heterocycles. The Bertz CT molecular complexity index is 1270. The number of nitrogens with zero attached hydrogens (tertiary/aromatic N) is 1. The fraction of sp³-hybridized carbons (Fsp3) is 0.872. The van der Waals surface area contributed by atoms with E-state index < -0.39 is 109 Å². The van der Waals surface area contributed by atoms with Gasteiger partial charge in [0.15, 0.2) is 18.4 Å². The molecule has 4 aliphatic rings. The van der Waals surface area contributed by atoms with Crippen molar-refractivity contribution >= 4 is 18.0 Å². The third kappa shape index (κ3) is 10.5. The lowest BCUT2D eigenvalue weighted by atomic mass is 9.79. The number of ketones is 1. The first-order valence-corrected chi connectivity index (χ1v) is 19.4. The highest BCUT2D eigenvalue weighted by Gasteiger charge is 2.57. The molecule has 0 bridgehead atoms. The molecule has 310 valence electrons. The Hall–Kier alpha value is -1.89. The first-order valence-electron chi connectivity index (χ1n) is 19.4. The van der Waals surface area contributed by atoms with E-state index in [0.29, 0.717) is 12.8 Å². The fourth-order valence-corrected chi connectivity index (χ4v) is 8.33. The lowest BCUT2D eigenvalue weighted by molar-refractivity contribution is -0.305. The van der Waals surface area contributed by atoms with Crippen LogP contribution in [0.3, 0.4) is 0 Å². The molecule has 0 aromatic carbocycles. The largest absolute Gasteiger partial charge is 0.462 e. The number of likely N-dealkylation sites (N-methyl/N-ethyl adjacent to an activating group) is 1. The number of carbonyl (C=O) groups excluding carboxylic acids is 3. The normalized spacial score (nSPS) is 46.1. The molecule has 54 heavy (non-hydrogen) atoms. The Morgan fingerprint density at radius 2 is 1.63 bits per heavy atom. The lowest BCUT2D eigenvalue weighted by Crippen LogP contribution is -2.59. The van der Waals surface area contributed by atoms with Crippen molar-refractivity contribution < 1.29 is 67.6 Å². The molecule has 3 N–H and O–H groups in total. The average Bonchev–Trinajstić information content (AvgIpc) is 3.80. The molecule has 18 atom stereocenters. The number of epoxide rings is 1. The third-order valence-corrected chi connectivity index (χ3v) is 11.9. The fourth-order valence-electron chi connectivity index (χ4n) is 8.33. The van der Waals surface area contributed by atoms with Gasteiger partial charge in [0.25, 0.3) is 0 Å². The molecule has 4 rings (SSSR count). The van der Waals surface area contributed by atoms with E-state index in [4.69, 9.17) is 37.9 Å². The second-order valence-electron chi connectivity index (χ2n) is 16.1. The smallest absolute Gasteiger partial charge is 0.308 e. The molecule has 4 heterocycles. The summed E-state index contributed by atoms with van der Waals surface area (Å²) in [6.07, 6.45) is -4.59. The van der Waals surface area contributed by atoms with Crippen molar-refractivity contribution in [2.24, 2.45) is 23.7 Å². The van der Waals surface area contributed by atoms with E-state index in [1.54, 1.807) is 33.8 Å². The van der Waals surface area contributed by atoms with Crippen molar-refractivity contribution in [1.82, 2.24) is 4.90 Å². The zero-order valence-electron chi connectivity index (χ0n) is 33.6. The Morgan fingerprint density at radius 3 is 2.24 bits per heavy atom. The predicted molar refractivity (Wildman–Crippen MR) is 194 cm³/mol. The van der Waals surface area contributed by atoms with Crippen molar-refractivity contribution in [3.8, 4) is 0 Å². The van der Waals surface area contributed by atoms with Crippen LogP contribution in [0.4, 0.5) is 0 Å². The molecule has 3 fully saturated rings. The number of aldehydes is 1. The van der Waals surface area contributed by atoms with Gasteiger partial charge in [0.2, 0.25) is 0 Å². The number of allylic oxidation sites excluding steroid dienone is 1. The molecule has 15 heteroatoms. The number of methoxy groups -OCH3 is 2. The Kier molecular flexibility index (Phi) is 16.2. The maximum Gasteiger partial charge on any atom is 0.308 e. The monoisotopic (exact) mass is 771 g/mol. The van der Waals surface area contributed by atoms with Gasteiger partial charge < -0.3 is 62.9 Å². The maximum absolute atomic E-state index is 13.6. The number of hydrogen-bond acceptors (Lipinski definition) is 15. The molecule has 0 aromatic heterocycles. The van der Waals surface area contributed by atoms with E-state index >= 15 is 0 Å². The van der Waals surface area contributed by atoms with Crippen molar-refractivity contribution in [2.45, 2.75) is 159 Å². The minimum absolute atomic E-state index is 0.0126. The van der Waals surface area contributed by atoms with Gasteiger partial charge in [0.1, 0.15) is 36.3 Å². The zero-order chi connectivity index (χ0) is 40.1. The molecule has 0 aliphatic carbocycles. The van der Waals surface area contributed by atoms with Crippen LogP contribution in [-0.4, -0.2) is 158 Å². The summed E-state index contributed by atoms with van der Waals surface area (Å²) in [7, 11) is 6.68. The van der Waals surface area contributed by atoms with E-state index in [1.165, 1.54) is 20.3 Å². The minimum Gasteiger partial charge on any atom is -0.462 e. The van der Waals surface area contributed by atoms with Gasteiger partial charge in [-0.25, -0.2) is 0 Å². The first kappa shape index (κ1) is 44.8. The van der Waals surface area contributed by atoms with Gasteiger partial charge in [-0.1, -0.05) is 20.8 Å². The standard InChI is InChI=1S/C39H65NO14/c1-11-29-25(19-49-38-36(48-10)35(47-9)33(46)23(5)51-38)37-39(6,54-37)14-12-27(42)20(2)16-24(13-15-41)34(21(3)28(43)18-30(44)52-29)53-31-17-26(40(7)8)32(45)22(4)50-31/h12,14-15,20-26,28-29,31-38,43,45-46H,11,13,16-19H2,1-10H3/b14-12-. The van der Waals surface area contributed by atoms with Crippen molar-refractivity contribution in [3.63, 3.8) is 0 Å². The number of aliphatic hydroxyl groups excluding tert-OH is 3. The highest BCUT2D eigenvalue weighted by molar-refractivity contribution is 5.91. The van der Waals surface area contributed by atoms with E-state index in [0.717, 1.165) is 6.29 Å². The van der Waals surface area contributed by atoms with E-state index in [9.17, 15) is 29.7 Å². The number of ether oxygens (including phenoxy) is 8. The van der Waals surface area contributed by atoms with Gasteiger partial charge in [0.05, 0.1) is 49.7 Å². The molecule has 15 nitrogen and oxygen atoms in total. The molecule has 4 aliphatic heterocycles. The highest BCUT2D eigenvalue weighted by Crippen LogP contribution is 2.45. The molecule has 0 amide bonds. The van der Waals surface area contributed by atoms with E-state index in [1.807, 2.05) is 32.8 Å². The number of fused-ring (bicyclic) bond motifs is 1. The summed E-state index contributed by atoms with van der Waals surface area (Å²) in [4.78, 5) is 41.2. The summed E-state index contributed by atoms with van der Waals surface area (Å²) in [5, 5.41) is 33.0. The Morgan fingerprint density at radius 1 is 0.963 bits per heavy atom. The van der Waals surface area contributed by atoms with Crippen molar-refractivity contribution in [2.75, 3.05) is 34.9 Å². The summed E-state index contributed by atoms with van der Waals surface area (Å²) in [5.74, 6) is -3.04. The molecule has 0 aromatic rings. The second kappa shape index (κ2) is 19.5. The van der Waals surface area contributed by atoms with E-state index in [-0.39, 0.29) is 37.7 Å². The maximum atomic E-state index is 13.6. The zero-order valence-corrected chi connectivity index (χ0v) is 33.6. The number of esters is 1. The van der Waals surface area contributed by atoms with Gasteiger partial charge in [-0.05, 0) is 65.8 Å². The van der Waals surface area contributed by atoms with Crippen LogP contribution >= 0.6 is 0 Å². The predicted octanol–water partition coefficient (Wildman–Crippen LogP) is 1.80. The number of cyclic esters (lactones) is 1. The highest BCUT2D eigenvalue weighted by atomic mass is 16.7. The number of rotatable bonds is 11. The van der Waals surface area contributed by atoms with Crippen LogP contribution in [0.5, 0.6) is 0 Å². The van der Waals surface area contributed by atoms with E-state index in [2.05, 4.69) is 0 Å². The number of hydrogen-bond donors (Lipinski definition) is 3. The molecular weight excluding hydrogens is 706 g/mol. The van der Waals surface area contributed by atoms with Crippen molar-refractivity contribution in [3.05, 3.63) is 12.2 Å². The second-order valence-corrected chi connectivity index (χ2v) is 16.1. The Balaban J connectivity index is 1.62. The number of carbonyl (C=O) groups is 3. The van der Waals surface area contributed by atoms with Gasteiger partial charge in [-0.15, -0.1) is 0 Å². The topological polar surface area (TPSA) is 192 Å². The average molecular weight is 772 g/mol. The summed E-state index contributed by atoms with van der Waals surface area (Å²) < 4.78 is 48.4. The van der Waals surface area contributed by atoms with Crippen LogP contribution in [0.15, 0.2) is 12.2 Å². The molecule has 18 unspecified atom stereocenters. The van der Waals surface area contributed by atoms with Crippen LogP contribution in [0.25, 0.3) is 0 Å². The summed E-state index contributed by atoms with van der Waals surface area (Å²) in [6, 6.07) is -0.269. The summed E-state index contributed by atoms with van der Waals surface area (Å²) >= 11 is 0. The van der Waals surface area contributed by atoms with Crippen molar-refractivity contribution in [1.29, 1.82) is 0 Å². The van der Waals surface area contributed by atoms with Gasteiger partial charge >= 0.3 is 5.97 Å². The van der Waals surface area contributed by atoms with Crippen LogP contribution < -0.4 is 0 Å². The van der Waals surface area contributed by atoms with Crippen LogP contribution in [-0.2, 0) is 52.3 Å². The SMILES string of the molecule is CCC1OC(=O)CC(O)C(C)C(OC2CC(N(C)C)C(O)C(C)O2)C(CC=O)CC(C)C(=O)/C=C\C2(C)OC2C1COC1OC(C)C(O)C(OC)C1OC. The molecule has 0 spiro atoms. The van der Waals surface area contributed by atoms with Crippen LogP contribution in [0.1, 0.15) is 73.6 Å². The quantitative estimate of drug-likeness (QED) is 0.156. The lowest BCUT2D eigenvalue weighted by Gasteiger charge is -2.44. The van der Waals surface area contributed by atoms with Gasteiger partial charge in [0, 0.05) is 50.9 Å². The van der Waals surface area contributed by atoms with Crippen LogP contribution in [0, 0.1) is 23.7 Å².